The number of aromatic nitrogens is 1. The molecule has 0 aromatic carbocycles. The zero-order valence-corrected chi connectivity index (χ0v) is 12.3. The number of nitro groups is 1. The number of likely N-dealkylation sites (N-methyl/N-ethyl adjacent to an activating group) is 1. The second-order valence-electron chi connectivity index (χ2n) is 4.34. The predicted octanol–water partition coefficient (Wildman–Crippen LogP) is 2.18. The molecule has 1 aromatic rings. The summed E-state index contributed by atoms with van der Waals surface area (Å²) in [4.78, 5) is 17.1. The van der Waals surface area contributed by atoms with Gasteiger partial charge >= 0.3 is 0 Å². The highest BCUT2D eigenvalue weighted by molar-refractivity contribution is 5.54. The summed E-state index contributed by atoms with van der Waals surface area (Å²) in [5.74, 6) is 1.05. The van der Waals surface area contributed by atoms with Crippen molar-refractivity contribution < 1.29 is 4.92 Å². The summed E-state index contributed by atoms with van der Waals surface area (Å²) < 4.78 is 0. The van der Waals surface area contributed by atoms with E-state index in [0.29, 0.717) is 24.7 Å². The van der Waals surface area contributed by atoms with Crippen LogP contribution in [0.4, 0.5) is 17.3 Å². The van der Waals surface area contributed by atoms with Gasteiger partial charge in [0.25, 0.3) is 5.69 Å². The Morgan fingerprint density at radius 3 is 2.30 bits per heavy atom. The fourth-order valence-corrected chi connectivity index (χ4v) is 1.87. The number of hydrogen-bond acceptors (Lipinski definition) is 6. The van der Waals surface area contributed by atoms with Crippen LogP contribution in [0.15, 0.2) is 12.1 Å². The Kier molecular flexibility index (Phi) is 6.72. The van der Waals surface area contributed by atoms with Crippen LogP contribution >= 0.6 is 0 Å². The highest BCUT2D eigenvalue weighted by Crippen LogP contribution is 2.20. The third kappa shape index (κ3) is 5.00. The van der Waals surface area contributed by atoms with Crippen LogP contribution in [0, 0.1) is 10.1 Å². The third-order valence-electron chi connectivity index (χ3n) is 3.01. The Labute approximate surface area is 119 Å². The fourth-order valence-electron chi connectivity index (χ4n) is 1.87. The van der Waals surface area contributed by atoms with Gasteiger partial charge in [0, 0.05) is 19.6 Å². The smallest absolute Gasteiger partial charge is 0.276 e. The lowest BCUT2D eigenvalue weighted by atomic mass is 10.3. The maximum Gasteiger partial charge on any atom is 0.276 e. The molecule has 2 N–H and O–H groups in total. The highest BCUT2D eigenvalue weighted by Gasteiger charge is 2.11. The van der Waals surface area contributed by atoms with Crippen molar-refractivity contribution in [3.05, 3.63) is 22.2 Å². The van der Waals surface area contributed by atoms with Crippen LogP contribution in [0.5, 0.6) is 0 Å². The monoisotopic (exact) mass is 281 g/mol. The number of pyridine rings is 1. The Balaban J connectivity index is 2.70. The van der Waals surface area contributed by atoms with Crippen LogP contribution in [0.3, 0.4) is 0 Å². The summed E-state index contributed by atoms with van der Waals surface area (Å²) in [5, 5.41) is 17.0. The molecule has 7 nitrogen and oxygen atoms in total. The van der Waals surface area contributed by atoms with Gasteiger partial charge in [-0.1, -0.05) is 13.8 Å². The largest absolute Gasteiger partial charge is 0.370 e. The van der Waals surface area contributed by atoms with Crippen molar-refractivity contribution in [3.63, 3.8) is 0 Å². The Morgan fingerprint density at radius 1 is 1.20 bits per heavy atom. The number of anilines is 2. The van der Waals surface area contributed by atoms with Crippen molar-refractivity contribution in [2.24, 2.45) is 0 Å². The molecule has 0 fully saturated rings. The molecule has 0 amide bonds. The summed E-state index contributed by atoms with van der Waals surface area (Å²) in [6, 6.07) is 2.90. The van der Waals surface area contributed by atoms with E-state index in [4.69, 9.17) is 0 Å². The summed E-state index contributed by atoms with van der Waals surface area (Å²) >= 11 is 0. The van der Waals surface area contributed by atoms with E-state index in [0.717, 1.165) is 19.6 Å². The number of nitrogens with zero attached hydrogens (tertiary/aromatic N) is 3. The maximum atomic E-state index is 10.9. The second-order valence-corrected chi connectivity index (χ2v) is 4.34. The van der Waals surface area contributed by atoms with Crippen LogP contribution in [-0.2, 0) is 0 Å². The van der Waals surface area contributed by atoms with Gasteiger partial charge in [0.2, 0.25) is 0 Å². The first-order chi connectivity index (χ1) is 9.60. The van der Waals surface area contributed by atoms with E-state index in [9.17, 15) is 10.1 Å². The van der Waals surface area contributed by atoms with Crippen LogP contribution < -0.4 is 10.6 Å². The average molecular weight is 281 g/mol. The molecule has 0 atom stereocenters. The summed E-state index contributed by atoms with van der Waals surface area (Å²) in [5.41, 5.74) is 0.0429. The van der Waals surface area contributed by atoms with E-state index in [1.165, 1.54) is 12.1 Å². The zero-order valence-electron chi connectivity index (χ0n) is 12.3. The first kappa shape index (κ1) is 16.2. The molecule has 0 saturated carbocycles. The van der Waals surface area contributed by atoms with Gasteiger partial charge in [0.05, 0.1) is 17.1 Å². The van der Waals surface area contributed by atoms with E-state index in [1.54, 1.807) is 0 Å². The molecule has 0 unspecified atom stereocenters. The molecule has 0 bridgehead atoms. The average Bonchev–Trinajstić information content (AvgIpc) is 2.44. The quantitative estimate of drug-likeness (QED) is 0.533. The Morgan fingerprint density at radius 2 is 1.80 bits per heavy atom. The number of hydrogen-bond donors (Lipinski definition) is 2. The molecule has 7 heteroatoms. The van der Waals surface area contributed by atoms with Gasteiger partial charge in [-0.15, -0.1) is 0 Å². The molecular formula is C13H23N5O2. The first-order valence-corrected chi connectivity index (χ1v) is 6.97. The van der Waals surface area contributed by atoms with E-state index in [1.807, 2.05) is 6.92 Å². The van der Waals surface area contributed by atoms with Crippen molar-refractivity contribution >= 4 is 17.3 Å². The zero-order chi connectivity index (χ0) is 15.0. The minimum absolute atomic E-state index is 0.0429. The minimum Gasteiger partial charge on any atom is -0.370 e. The highest BCUT2D eigenvalue weighted by atomic mass is 16.6. The van der Waals surface area contributed by atoms with E-state index >= 15 is 0 Å². The van der Waals surface area contributed by atoms with Crippen LogP contribution in [0.1, 0.15) is 20.8 Å². The van der Waals surface area contributed by atoms with E-state index in [-0.39, 0.29) is 5.69 Å². The molecule has 0 aliphatic rings. The van der Waals surface area contributed by atoms with Crippen molar-refractivity contribution in [3.8, 4) is 0 Å². The summed E-state index contributed by atoms with van der Waals surface area (Å²) in [7, 11) is 0. The lowest BCUT2D eigenvalue weighted by Crippen LogP contribution is -2.28. The second kappa shape index (κ2) is 8.31. The van der Waals surface area contributed by atoms with Gasteiger partial charge in [0.15, 0.2) is 0 Å². The lowest BCUT2D eigenvalue weighted by Gasteiger charge is -2.18. The minimum atomic E-state index is -0.405. The Bertz CT molecular complexity index is 435. The van der Waals surface area contributed by atoms with E-state index in [2.05, 4.69) is 34.4 Å². The Hall–Kier alpha value is -1.89. The molecule has 1 rings (SSSR count). The van der Waals surface area contributed by atoms with E-state index < -0.39 is 4.92 Å². The van der Waals surface area contributed by atoms with Gasteiger partial charge in [-0.3, -0.25) is 10.1 Å². The first-order valence-electron chi connectivity index (χ1n) is 6.97. The van der Waals surface area contributed by atoms with Gasteiger partial charge in [0.1, 0.15) is 11.6 Å². The van der Waals surface area contributed by atoms with Crippen LogP contribution in [0.2, 0.25) is 0 Å². The maximum absolute atomic E-state index is 10.9. The van der Waals surface area contributed by atoms with Crippen molar-refractivity contribution in [1.29, 1.82) is 0 Å². The molecule has 0 radical (unpaired) electrons. The molecule has 20 heavy (non-hydrogen) atoms. The summed E-state index contributed by atoms with van der Waals surface area (Å²) in [6.45, 7) is 10.4. The number of rotatable bonds is 9. The normalized spacial score (nSPS) is 10.6. The van der Waals surface area contributed by atoms with Gasteiger partial charge in [-0.25, -0.2) is 4.98 Å². The number of nitrogens with one attached hydrogen (secondary N) is 2. The van der Waals surface area contributed by atoms with Crippen LogP contribution in [0.25, 0.3) is 0 Å². The van der Waals surface area contributed by atoms with Gasteiger partial charge in [-0.05, 0) is 20.0 Å². The molecule has 112 valence electrons. The molecule has 1 heterocycles. The van der Waals surface area contributed by atoms with Gasteiger partial charge < -0.3 is 15.5 Å². The fraction of sp³-hybridized carbons (Fsp3) is 0.615. The third-order valence-corrected chi connectivity index (χ3v) is 3.01. The molecule has 0 spiro atoms. The topological polar surface area (TPSA) is 83.3 Å². The van der Waals surface area contributed by atoms with Crippen molar-refractivity contribution in [2.75, 3.05) is 43.4 Å². The van der Waals surface area contributed by atoms with Crippen LogP contribution in [-0.4, -0.2) is 47.5 Å². The standard InChI is InChI=1S/C13H23N5O2/c1-4-14-12-9-11(18(19)20)10-13(16-12)15-7-8-17(5-2)6-3/h9-10H,4-8H2,1-3H3,(H2,14,15,16). The molecule has 1 aromatic heterocycles. The van der Waals surface area contributed by atoms with Gasteiger partial charge in [-0.2, -0.15) is 0 Å². The SMILES string of the molecule is CCNc1cc([N+](=O)[O-])cc(NCCN(CC)CC)n1. The summed E-state index contributed by atoms with van der Waals surface area (Å²) in [6.07, 6.45) is 0. The molecule has 0 saturated heterocycles. The lowest BCUT2D eigenvalue weighted by molar-refractivity contribution is -0.384. The van der Waals surface area contributed by atoms with Crippen molar-refractivity contribution in [2.45, 2.75) is 20.8 Å². The molecular weight excluding hydrogens is 258 g/mol. The molecule has 0 aliphatic carbocycles. The molecule has 0 aliphatic heterocycles. The van der Waals surface area contributed by atoms with Crippen molar-refractivity contribution in [1.82, 2.24) is 9.88 Å². The predicted molar refractivity (Wildman–Crippen MR) is 81.3 cm³/mol.